The van der Waals surface area contributed by atoms with Gasteiger partial charge in [-0.05, 0) is 62.2 Å². The highest BCUT2D eigenvalue weighted by atomic mass is 16.5. The summed E-state index contributed by atoms with van der Waals surface area (Å²) in [6.07, 6.45) is 3.46. The minimum atomic E-state index is -0.367. The van der Waals surface area contributed by atoms with Crippen LogP contribution in [0.3, 0.4) is 0 Å². The molecule has 0 atom stereocenters. The number of hydrogen-bond acceptors (Lipinski definition) is 5. The average molecular weight is 422 g/mol. The molecule has 1 aliphatic heterocycles. The van der Waals surface area contributed by atoms with Gasteiger partial charge in [-0.2, -0.15) is 5.10 Å². The van der Waals surface area contributed by atoms with Gasteiger partial charge in [0.15, 0.2) is 0 Å². The van der Waals surface area contributed by atoms with Crippen molar-refractivity contribution in [2.75, 3.05) is 27.2 Å². The number of benzene rings is 1. The number of ether oxygens (including phenoxy) is 1. The van der Waals surface area contributed by atoms with Crippen LogP contribution in [0.1, 0.15) is 30.1 Å². The van der Waals surface area contributed by atoms with Gasteiger partial charge in [-0.25, -0.2) is 14.5 Å². The molecule has 2 amide bonds. The van der Waals surface area contributed by atoms with Gasteiger partial charge in [0.05, 0.1) is 24.2 Å². The number of hydroxylamine groups is 2. The van der Waals surface area contributed by atoms with Gasteiger partial charge in [0.2, 0.25) is 0 Å². The fourth-order valence-corrected chi connectivity index (χ4v) is 3.92. The number of amides is 2. The van der Waals surface area contributed by atoms with E-state index in [2.05, 4.69) is 17.1 Å². The maximum absolute atomic E-state index is 12.0. The third-order valence-corrected chi connectivity index (χ3v) is 5.71. The van der Waals surface area contributed by atoms with Gasteiger partial charge in [-0.15, -0.1) is 0 Å². The largest absolute Gasteiger partial charge is 0.497 e. The Morgan fingerprint density at radius 2 is 1.87 bits per heavy atom. The first-order valence-electron chi connectivity index (χ1n) is 10.3. The Kier molecular flexibility index (Phi) is 5.90. The molecule has 8 nitrogen and oxygen atoms in total. The number of aryl methyl sites for hydroxylation is 1. The molecule has 1 aromatic carbocycles. The molecule has 0 spiro atoms. The molecule has 1 aliphatic rings. The van der Waals surface area contributed by atoms with E-state index in [9.17, 15) is 10.0 Å². The summed E-state index contributed by atoms with van der Waals surface area (Å²) >= 11 is 0. The molecule has 1 N–H and O–H groups in total. The van der Waals surface area contributed by atoms with E-state index in [-0.39, 0.29) is 11.9 Å². The van der Waals surface area contributed by atoms with Crippen LogP contribution in [0.2, 0.25) is 0 Å². The van der Waals surface area contributed by atoms with Gasteiger partial charge in [0.1, 0.15) is 5.75 Å². The van der Waals surface area contributed by atoms with E-state index in [1.807, 2.05) is 48.1 Å². The Morgan fingerprint density at radius 3 is 2.45 bits per heavy atom. The standard InChI is InChI=1S/C23H27N5O3/c1-16-4-5-18(15-24-16)22-14-21(17-10-12-27(13-11-17)23(29)26(2)30)25-28(22)19-6-8-20(31-3)9-7-19/h4-9,14-15,17,30H,10-13H2,1-3H3. The second-order valence-electron chi connectivity index (χ2n) is 7.82. The number of piperidine rings is 1. The average Bonchev–Trinajstić information content (AvgIpc) is 3.24. The molecule has 3 heterocycles. The van der Waals surface area contributed by atoms with Crippen LogP contribution in [0.5, 0.6) is 5.75 Å². The summed E-state index contributed by atoms with van der Waals surface area (Å²) < 4.78 is 7.23. The Bertz CT molecular complexity index is 1040. The zero-order valence-corrected chi connectivity index (χ0v) is 18.0. The molecule has 162 valence electrons. The number of urea groups is 1. The molecular formula is C23H27N5O3. The molecule has 1 fully saturated rings. The molecule has 0 aliphatic carbocycles. The summed E-state index contributed by atoms with van der Waals surface area (Å²) in [5.41, 5.74) is 4.87. The van der Waals surface area contributed by atoms with E-state index in [4.69, 9.17) is 9.84 Å². The summed E-state index contributed by atoms with van der Waals surface area (Å²) in [6, 6.07) is 13.6. The predicted molar refractivity (Wildman–Crippen MR) is 117 cm³/mol. The highest BCUT2D eigenvalue weighted by Crippen LogP contribution is 2.32. The monoisotopic (exact) mass is 421 g/mol. The zero-order chi connectivity index (χ0) is 22.0. The first-order valence-corrected chi connectivity index (χ1v) is 10.3. The van der Waals surface area contributed by atoms with Crippen molar-refractivity contribution >= 4 is 6.03 Å². The highest BCUT2D eigenvalue weighted by molar-refractivity contribution is 5.73. The number of rotatable bonds is 4. The molecule has 1 saturated heterocycles. The van der Waals surface area contributed by atoms with E-state index in [1.54, 1.807) is 12.0 Å². The number of carbonyl (C=O) groups excluding carboxylic acids is 1. The fraction of sp³-hybridized carbons (Fsp3) is 0.348. The molecule has 0 radical (unpaired) electrons. The van der Waals surface area contributed by atoms with Crippen molar-refractivity contribution in [3.8, 4) is 22.7 Å². The lowest BCUT2D eigenvalue weighted by molar-refractivity contribution is -0.0356. The maximum atomic E-state index is 12.0. The van der Waals surface area contributed by atoms with Crippen molar-refractivity contribution in [3.63, 3.8) is 0 Å². The second kappa shape index (κ2) is 8.77. The van der Waals surface area contributed by atoms with Crippen LogP contribution >= 0.6 is 0 Å². The van der Waals surface area contributed by atoms with Gasteiger partial charge in [-0.1, -0.05) is 0 Å². The van der Waals surface area contributed by atoms with Crippen molar-refractivity contribution in [3.05, 3.63) is 60.0 Å². The minimum Gasteiger partial charge on any atom is -0.497 e. The second-order valence-corrected chi connectivity index (χ2v) is 7.82. The maximum Gasteiger partial charge on any atom is 0.343 e. The number of methoxy groups -OCH3 is 1. The van der Waals surface area contributed by atoms with E-state index in [0.717, 1.165) is 46.9 Å². The lowest BCUT2D eigenvalue weighted by Gasteiger charge is -2.32. The minimum absolute atomic E-state index is 0.240. The Morgan fingerprint density at radius 1 is 1.16 bits per heavy atom. The molecule has 2 aromatic heterocycles. The molecular weight excluding hydrogens is 394 g/mol. The van der Waals surface area contributed by atoms with Crippen LogP contribution < -0.4 is 4.74 Å². The van der Waals surface area contributed by atoms with Crippen LogP contribution in [0.15, 0.2) is 48.7 Å². The molecule has 3 aromatic rings. The van der Waals surface area contributed by atoms with Gasteiger partial charge in [-0.3, -0.25) is 10.2 Å². The molecule has 0 saturated carbocycles. The Hall–Kier alpha value is -3.39. The van der Waals surface area contributed by atoms with Crippen molar-refractivity contribution < 1.29 is 14.7 Å². The topological polar surface area (TPSA) is 83.7 Å². The first-order chi connectivity index (χ1) is 15.0. The van der Waals surface area contributed by atoms with E-state index in [1.165, 1.54) is 7.05 Å². The number of hydrogen-bond donors (Lipinski definition) is 1. The van der Waals surface area contributed by atoms with Crippen molar-refractivity contribution in [2.45, 2.75) is 25.7 Å². The molecule has 0 unspecified atom stereocenters. The highest BCUT2D eigenvalue weighted by Gasteiger charge is 2.27. The van der Waals surface area contributed by atoms with Crippen molar-refractivity contribution in [2.24, 2.45) is 0 Å². The van der Waals surface area contributed by atoms with Crippen LogP contribution in [0, 0.1) is 6.92 Å². The van der Waals surface area contributed by atoms with Gasteiger partial charge < -0.3 is 9.64 Å². The summed E-state index contributed by atoms with van der Waals surface area (Å²) in [6.45, 7) is 3.14. The third kappa shape index (κ3) is 4.39. The zero-order valence-electron chi connectivity index (χ0n) is 18.0. The number of aromatic nitrogens is 3. The van der Waals surface area contributed by atoms with Crippen LogP contribution in [-0.2, 0) is 0 Å². The predicted octanol–water partition coefficient (Wildman–Crippen LogP) is 3.87. The number of likely N-dealkylation sites (tertiary alicyclic amines) is 1. The number of nitrogens with zero attached hydrogens (tertiary/aromatic N) is 5. The van der Waals surface area contributed by atoms with Gasteiger partial charge in [0, 0.05) is 43.5 Å². The van der Waals surface area contributed by atoms with Crippen molar-refractivity contribution in [1.29, 1.82) is 0 Å². The van der Waals surface area contributed by atoms with Gasteiger partial charge in [0.25, 0.3) is 0 Å². The first kappa shape index (κ1) is 20.9. The van der Waals surface area contributed by atoms with Crippen LogP contribution in [0.25, 0.3) is 16.9 Å². The molecule has 4 rings (SSSR count). The molecule has 8 heteroatoms. The Balaban J connectivity index is 1.65. The van der Waals surface area contributed by atoms with E-state index < -0.39 is 0 Å². The summed E-state index contributed by atoms with van der Waals surface area (Å²) in [5, 5.41) is 15.0. The molecule has 31 heavy (non-hydrogen) atoms. The SMILES string of the molecule is COc1ccc(-n2nc(C3CCN(C(=O)N(C)O)CC3)cc2-c2ccc(C)nc2)cc1. The lowest BCUT2D eigenvalue weighted by Crippen LogP contribution is -2.43. The summed E-state index contributed by atoms with van der Waals surface area (Å²) in [7, 11) is 3.00. The van der Waals surface area contributed by atoms with Crippen LogP contribution in [-0.4, -0.2) is 63.2 Å². The third-order valence-electron chi connectivity index (χ3n) is 5.71. The van der Waals surface area contributed by atoms with Crippen molar-refractivity contribution in [1.82, 2.24) is 24.7 Å². The smallest absolute Gasteiger partial charge is 0.343 e. The van der Waals surface area contributed by atoms with E-state index >= 15 is 0 Å². The molecule has 0 bridgehead atoms. The van der Waals surface area contributed by atoms with Crippen LogP contribution in [0.4, 0.5) is 4.79 Å². The lowest BCUT2D eigenvalue weighted by atomic mass is 9.93. The van der Waals surface area contributed by atoms with E-state index in [0.29, 0.717) is 18.2 Å². The summed E-state index contributed by atoms with van der Waals surface area (Å²) in [5.74, 6) is 1.03. The fourth-order valence-electron chi connectivity index (χ4n) is 3.92. The summed E-state index contributed by atoms with van der Waals surface area (Å²) in [4.78, 5) is 18.1. The number of carbonyl (C=O) groups is 1. The normalized spacial score (nSPS) is 14.5. The quantitative estimate of drug-likeness (QED) is 0.511. The Labute approximate surface area is 181 Å². The van der Waals surface area contributed by atoms with Gasteiger partial charge >= 0.3 is 6.03 Å². The number of pyridine rings is 1.